The van der Waals surface area contributed by atoms with E-state index in [9.17, 15) is 8.42 Å². The first-order valence-corrected chi connectivity index (χ1v) is 5.47. The molecular formula is C8H9N3O2S. The molecule has 0 radical (unpaired) electrons. The van der Waals surface area contributed by atoms with E-state index in [1.54, 1.807) is 0 Å². The van der Waals surface area contributed by atoms with Gasteiger partial charge in [-0.25, -0.2) is 18.5 Å². The Morgan fingerprint density at radius 1 is 1.50 bits per heavy atom. The number of primary sulfonamides is 1. The average molecular weight is 211 g/mol. The minimum absolute atomic E-state index is 0.105. The van der Waals surface area contributed by atoms with Crippen LogP contribution >= 0.6 is 0 Å². The Bertz CT molecular complexity index is 586. The Labute approximate surface area is 81.2 Å². The Hall–Kier alpha value is -1.40. The Balaban J connectivity index is 2.79. The number of hydrogen-bond acceptors (Lipinski definition) is 3. The van der Waals surface area contributed by atoms with Crippen molar-refractivity contribution in [2.75, 3.05) is 0 Å². The van der Waals surface area contributed by atoms with Gasteiger partial charge in [0, 0.05) is 30.9 Å². The van der Waals surface area contributed by atoms with Crippen molar-refractivity contribution in [3.63, 3.8) is 0 Å². The van der Waals surface area contributed by atoms with Crippen molar-refractivity contribution >= 4 is 20.9 Å². The molecule has 0 saturated heterocycles. The van der Waals surface area contributed by atoms with Crippen molar-refractivity contribution < 1.29 is 8.42 Å². The van der Waals surface area contributed by atoms with Crippen LogP contribution in [0.5, 0.6) is 0 Å². The van der Waals surface area contributed by atoms with Gasteiger partial charge in [-0.1, -0.05) is 0 Å². The van der Waals surface area contributed by atoms with Crippen LogP contribution in [0, 0.1) is 0 Å². The summed E-state index contributed by atoms with van der Waals surface area (Å²) in [6.45, 7) is 0. The van der Waals surface area contributed by atoms with Crippen LogP contribution in [0.15, 0.2) is 29.6 Å². The first kappa shape index (κ1) is 9.17. The average Bonchev–Trinajstić information content (AvgIpc) is 2.46. The van der Waals surface area contributed by atoms with Crippen LogP contribution < -0.4 is 5.14 Å². The molecule has 2 aromatic heterocycles. The Kier molecular flexibility index (Phi) is 1.83. The zero-order valence-electron chi connectivity index (χ0n) is 7.51. The zero-order chi connectivity index (χ0) is 10.3. The number of pyridine rings is 1. The molecule has 0 bridgehead atoms. The highest BCUT2D eigenvalue weighted by Crippen LogP contribution is 2.15. The summed E-state index contributed by atoms with van der Waals surface area (Å²) in [6, 6.07) is 3.32. The molecule has 2 N–H and O–H groups in total. The summed E-state index contributed by atoms with van der Waals surface area (Å²) in [6.07, 6.45) is 3.33. The van der Waals surface area contributed by atoms with Crippen molar-refractivity contribution in [1.29, 1.82) is 0 Å². The summed E-state index contributed by atoms with van der Waals surface area (Å²) in [5.74, 6) is 0. The van der Waals surface area contributed by atoms with Gasteiger partial charge in [-0.15, -0.1) is 0 Å². The number of sulfonamides is 1. The zero-order valence-corrected chi connectivity index (χ0v) is 8.32. The highest BCUT2D eigenvalue weighted by atomic mass is 32.2. The highest BCUT2D eigenvalue weighted by Gasteiger charge is 2.10. The molecule has 0 saturated carbocycles. The number of fused-ring (bicyclic) bond motifs is 1. The fraction of sp³-hybridized carbons (Fsp3) is 0.125. The van der Waals surface area contributed by atoms with Gasteiger partial charge < -0.3 is 4.57 Å². The molecule has 6 heteroatoms. The van der Waals surface area contributed by atoms with Crippen molar-refractivity contribution in [2.45, 2.75) is 5.03 Å². The van der Waals surface area contributed by atoms with E-state index in [2.05, 4.69) is 4.98 Å². The van der Waals surface area contributed by atoms with E-state index in [1.807, 2.05) is 23.9 Å². The summed E-state index contributed by atoms with van der Waals surface area (Å²) in [5, 5.41) is 5.75. The van der Waals surface area contributed by atoms with Gasteiger partial charge in [0.05, 0.1) is 5.52 Å². The largest absolute Gasteiger partial charge is 0.350 e. The van der Waals surface area contributed by atoms with Crippen LogP contribution in [0.1, 0.15) is 0 Å². The van der Waals surface area contributed by atoms with Crippen LogP contribution in [0.4, 0.5) is 0 Å². The first-order chi connectivity index (χ1) is 6.48. The van der Waals surface area contributed by atoms with Gasteiger partial charge in [0.1, 0.15) is 0 Å². The molecular weight excluding hydrogens is 202 g/mol. The van der Waals surface area contributed by atoms with Crippen molar-refractivity contribution in [3.05, 3.63) is 24.5 Å². The van der Waals surface area contributed by atoms with E-state index in [4.69, 9.17) is 5.14 Å². The Morgan fingerprint density at radius 3 is 2.86 bits per heavy atom. The molecule has 0 fully saturated rings. The van der Waals surface area contributed by atoms with E-state index in [-0.39, 0.29) is 5.03 Å². The smallest absolute Gasteiger partial charge is 0.255 e. The maximum atomic E-state index is 11.0. The molecule has 0 aliphatic carbocycles. The number of nitrogens with zero attached hydrogens (tertiary/aromatic N) is 2. The first-order valence-electron chi connectivity index (χ1n) is 3.92. The van der Waals surface area contributed by atoms with Gasteiger partial charge in [-0.05, 0) is 6.07 Å². The maximum Gasteiger partial charge on any atom is 0.255 e. The number of hydrogen-bond donors (Lipinski definition) is 1. The van der Waals surface area contributed by atoms with Gasteiger partial charge in [0.25, 0.3) is 10.0 Å². The highest BCUT2D eigenvalue weighted by molar-refractivity contribution is 7.89. The lowest BCUT2D eigenvalue weighted by molar-refractivity contribution is 0.594. The summed E-state index contributed by atoms with van der Waals surface area (Å²) in [5.41, 5.74) is 0.795. The lowest BCUT2D eigenvalue weighted by Gasteiger charge is -1.99. The van der Waals surface area contributed by atoms with Crippen LogP contribution in [-0.4, -0.2) is 18.0 Å². The number of aryl methyl sites for hydroxylation is 1. The molecule has 5 nitrogen and oxygen atoms in total. The summed E-state index contributed by atoms with van der Waals surface area (Å²) in [7, 11) is -1.88. The number of nitrogens with two attached hydrogens (primary N) is 1. The third kappa shape index (κ3) is 1.38. The molecule has 0 aliphatic rings. The molecule has 2 aromatic rings. The minimum Gasteiger partial charge on any atom is -0.350 e. The second kappa shape index (κ2) is 2.79. The lowest BCUT2D eigenvalue weighted by Crippen LogP contribution is -2.13. The monoisotopic (exact) mass is 211 g/mol. The Morgan fingerprint density at radius 2 is 2.21 bits per heavy atom. The van der Waals surface area contributed by atoms with E-state index < -0.39 is 10.0 Å². The van der Waals surface area contributed by atoms with Crippen LogP contribution in [0.2, 0.25) is 0 Å². The molecule has 0 unspecified atom stereocenters. The molecule has 0 aromatic carbocycles. The van der Waals surface area contributed by atoms with Gasteiger partial charge in [-0.2, -0.15) is 0 Å². The third-order valence-electron chi connectivity index (χ3n) is 2.04. The predicted molar refractivity (Wildman–Crippen MR) is 52.1 cm³/mol. The lowest BCUT2D eigenvalue weighted by atomic mass is 10.3. The summed E-state index contributed by atoms with van der Waals surface area (Å²) >= 11 is 0. The predicted octanol–water partition coefficient (Wildman–Crippen LogP) is 0.221. The van der Waals surface area contributed by atoms with Crippen molar-refractivity contribution in [2.24, 2.45) is 12.2 Å². The molecule has 14 heavy (non-hydrogen) atoms. The van der Waals surface area contributed by atoms with E-state index >= 15 is 0 Å². The molecule has 0 spiro atoms. The van der Waals surface area contributed by atoms with Gasteiger partial charge >= 0.3 is 0 Å². The van der Waals surface area contributed by atoms with E-state index in [0.717, 1.165) is 10.9 Å². The molecule has 0 amide bonds. The van der Waals surface area contributed by atoms with Gasteiger partial charge in [-0.3, -0.25) is 0 Å². The molecule has 0 aliphatic heterocycles. The second-order valence-corrected chi connectivity index (χ2v) is 4.56. The molecule has 74 valence electrons. The molecule has 2 rings (SSSR count). The SMILES string of the molecule is Cn1ccc2cnc(S(N)(=O)=O)cc21. The summed E-state index contributed by atoms with van der Waals surface area (Å²) < 4.78 is 23.8. The van der Waals surface area contributed by atoms with Crippen LogP contribution in [0.25, 0.3) is 10.9 Å². The van der Waals surface area contributed by atoms with Gasteiger partial charge in [0.2, 0.25) is 0 Å². The topological polar surface area (TPSA) is 78.0 Å². The molecule has 2 heterocycles. The van der Waals surface area contributed by atoms with Crippen molar-refractivity contribution in [1.82, 2.24) is 9.55 Å². The second-order valence-electron chi connectivity index (χ2n) is 3.05. The maximum absolute atomic E-state index is 11.0. The van der Waals surface area contributed by atoms with Crippen molar-refractivity contribution in [3.8, 4) is 0 Å². The van der Waals surface area contributed by atoms with Gasteiger partial charge in [0.15, 0.2) is 5.03 Å². The van der Waals surface area contributed by atoms with E-state index in [1.165, 1.54) is 12.3 Å². The fourth-order valence-corrected chi connectivity index (χ4v) is 1.77. The summed E-state index contributed by atoms with van der Waals surface area (Å²) in [4.78, 5) is 3.77. The number of rotatable bonds is 1. The fourth-order valence-electron chi connectivity index (χ4n) is 1.30. The normalized spacial score (nSPS) is 12.1. The minimum atomic E-state index is -3.71. The van der Waals surface area contributed by atoms with E-state index in [0.29, 0.717) is 0 Å². The van der Waals surface area contributed by atoms with Crippen LogP contribution in [-0.2, 0) is 17.1 Å². The quantitative estimate of drug-likeness (QED) is 0.733. The number of aromatic nitrogens is 2. The molecule has 0 atom stereocenters. The third-order valence-corrected chi connectivity index (χ3v) is 2.84. The van der Waals surface area contributed by atoms with Crippen LogP contribution in [0.3, 0.4) is 0 Å². The standard InChI is InChI=1S/C8H9N3O2S/c1-11-3-2-6-5-10-8(4-7(6)11)14(9,12)13/h2-5H,1H3,(H2,9,12,13).